The van der Waals surface area contributed by atoms with Gasteiger partial charge in [-0.25, -0.2) is 0 Å². The molecule has 516 valence electrons. The summed E-state index contributed by atoms with van der Waals surface area (Å²) in [7, 11) is 1.26. The lowest BCUT2D eigenvalue weighted by molar-refractivity contribution is -0.870. The molecule has 0 aromatic carbocycles. The molecule has 0 aliphatic heterocycles. The van der Waals surface area contributed by atoms with E-state index in [1.54, 1.807) is 6.08 Å². The molecule has 0 aliphatic carbocycles. The molecule has 0 fully saturated rings. The van der Waals surface area contributed by atoms with E-state index >= 15 is 0 Å². The van der Waals surface area contributed by atoms with E-state index < -0.39 is 20.0 Å². The molecule has 0 aromatic heterocycles. The Bertz CT molecular complexity index is 1820. The van der Waals surface area contributed by atoms with E-state index in [1.807, 2.05) is 27.2 Å². The van der Waals surface area contributed by atoms with Gasteiger partial charge in [0, 0.05) is 6.42 Å². The van der Waals surface area contributed by atoms with Gasteiger partial charge in [-0.1, -0.05) is 361 Å². The Labute approximate surface area is 552 Å². The number of nitrogens with zero attached hydrogens (tertiary/aromatic N) is 1. The van der Waals surface area contributed by atoms with Crippen LogP contribution in [0.1, 0.15) is 341 Å². The second kappa shape index (κ2) is 69.5. The molecule has 8 nitrogen and oxygen atoms in total. The SMILES string of the molecule is CC/C=C\C/C=C\C/C=C\C/C=C\C/C=C\C/C=C\C/C=C\C/C=C\CCCCCCCCCCCCCCCCC(=O)NC(COP(=O)([O-])OCC[N+](C)(C)C)C(O)/C=C/CCCCCCCCCCCCCCCCCCCCCCCCCCCC. The van der Waals surface area contributed by atoms with Gasteiger partial charge in [0.2, 0.25) is 5.91 Å². The first-order chi connectivity index (χ1) is 43.5. The maximum atomic E-state index is 13.1. The molecule has 3 atom stereocenters. The van der Waals surface area contributed by atoms with Crippen molar-refractivity contribution in [1.29, 1.82) is 0 Å². The molecule has 0 saturated carbocycles. The van der Waals surface area contributed by atoms with Crippen molar-refractivity contribution in [2.75, 3.05) is 40.9 Å². The first-order valence-electron chi connectivity index (χ1n) is 37.7. The number of carbonyl (C=O) groups excluding carboxylic acids is 1. The van der Waals surface area contributed by atoms with Crippen molar-refractivity contribution in [1.82, 2.24) is 5.32 Å². The zero-order valence-electron chi connectivity index (χ0n) is 59.1. The minimum absolute atomic E-state index is 0.00378. The number of hydrogen-bond acceptors (Lipinski definition) is 6. The Morgan fingerprint density at radius 2 is 0.685 bits per heavy atom. The second-order valence-corrected chi connectivity index (χ2v) is 28.0. The van der Waals surface area contributed by atoms with Gasteiger partial charge in [0.25, 0.3) is 7.82 Å². The third-order valence-electron chi connectivity index (χ3n) is 16.7. The molecule has 0 heterocycles. The summed E-state index contributed by atoms with van der Waals surface area (Å²) >= 11 is 0. The van der Waals surface area contributed by atoms with Crippen LogP contribution in [0.4, 0.5) is 0 Å². The van der Waals surface area contributed by atoms with Crippen LogP contribution in [0.25, 0.3) is 0 Å². The minimum atomic E-state index is -4.61. The maximum Gasteiger partial charge on any atom is 0.268 e. The van der Waals surface area contributed by atoms with Crippen molar-refractivity contribution in [3.8, 4) is 0 Å². The number of nitrogens with one attached hydrogen (secondary N) is 1. The van der Waals surface area contributed by atoms with Gasteiger partial charge < -0.3 is 28.8 Å². The molecular weight excluding hydrogens is 1120 g/mol. The minimum Gasteiger partial charge on any atom is -0.756 e. The zero-order valence-corrected chi connectivity index (χ0v) is 60.0. The number of allylic oxidation sites excluding steroid dienone is 17. The number of amides is 1. The summed E-state index contributed by atoms with van der Waals surface area (Å²) in [5, 5.41) is 14.0. The van der Waals surface area contributed by atoms with E-state index in [-0.39, 0.29) is 19.1 Å². The molecule has 2 N–H and O–H groups in total. The number of aliphatic hydroxyl groups excluding tert-OH is 1. The number of phosphoric ester groups is 1. The van der Waals surface area contributed by atoms with E-state index in [1.165, 1.54) is 231 Å². The topological polar surface area (TPSA) is 108 Å². The first kappa shape index (κ1) is 86.2. The van der Waals surface area contributed by atoms with Gasteiger partial charge in [0.05, 0.1) is 39.9 Å². The van der Waals surface area contributed by atoms with E-state index in [4.69, 9.17) is 9.05 Å². The Morgan fingerprint density at radius 1 is 0.404 bits per heavy atom. The number of aliphatic hydroxyl groups is 1. The van der Waals surface area contributed by atoms with Crippen molar-refractivity contribution < 1.29 is 32.9 Å². The highest BCUT2D eigenvalue weighted by Crippen LogP contribution is 2.38. The fourth-order valence-electron chi connectivity index (χ4n) is 10.9. The third kappa shape index (κ3) is 72.4. The van der Waals surface area contributed by atoms with Crippen molar-refractivity contribution in [2.24, 2.45) is 0 Å². The molecular formula is C80H145N2O6P. The molecule has 1 amide bonds. The van der Waals surface area contributed by atoms with Crippen LogP contribution in [0.15, 0.2) is 109 Å². The molecule has 9 heteroatoms. The molecule has 0 spiro atoms. The highest BCUT2D eigenvalue weighted by Gasteiger charge is 2.23. The van der Waals surface area contributed by atoms with Crippen LogP contribution in [0, 0.1) is 0 Å². The van der Waals surface area contributed by atoms with Crippen LogP contribution < -0.4 is 10.2 Å². The quantitative estimate of drug-likeness (QED) is 0.0272. The zero-order chi connectivity index (χ0) is 64.8. The van der Waals surface area contributed by atoms with E-state index in [0.29, 0.717) is 17.4 Å². The lowest BCUT2D eigenvalue weighted by Crippen LogP contribution is -2.45. The number of likely N-dealkylation sites (N-methyl/N-ethyl adjacent to an activating group) is 1. The monoisotopic (exact) mass is 1260 g/mol. The summed E-state index contributed by atoms with van der Waals surface area (Å²) in [6, 6.07) is -0.894. The molecule has 0 aromatic rings. The van der Waals surface area contributed by atoms with Crippen molar-refractivity contribution in [3.63, 3.8) is 0 Å². The lowest BCUT2D eigenvalue weighted by Gasteiger charge is -2.29. The second-order valence-electron chi connectivity index (χ2n) is 26.6. The van der Waals surface area contributed by atoms with Gasteiger partial charge in [-0.3, -0.25) is 9.36 Å². The van der Waals surface area contributed by atoms with E-state index in [0.717, 1.165) is 89.9 Å². The highest BCUT2D eigenvalue weighted by molar-refractivity contribution is 7.45. The normalized spacial score (nSPS) is 14.2. The summed E-state index contributed by atoms with van der Waals surface area (Å²) in [5.74, 6) is -0.197. The Kier molecular flexibility index (Phi) is 67.3. The summed E-state index contributed by atoms with van der Waals surface area (Å²) in [6.07, 6.45) is 102. The average Bonchev–Trinajstić information content (AvgIpc) is 3.55. The summed E-state index contributed by atoms with van der Waals surface area (Å²) < 4.78 is 23.5. The first-order valence-corrected chi connectivity index (χ1v) is 39.2. The van der Waals surface area contributed by atoms with Crippen LogP contribution in [-0.4, -0.2) is 68.5 Å². The summed E-state index contributed by atoms with van der Waals surface area (Å²) in [6.45, 7) is 4.57. The largest absolute Gasteiger partial charge is 0.756 e. The molecule has 0 radical (unpaired) electrons. The molecule has 0 aliphatic rings. The lowest BCUT2D eigenvalue weighted by atomic mass is 10.0. The Hall–Kier alpha value is -2.84. The number of rotatable bonds is 69. The Morgan fingerprint density at radius 3 is 1.00 bits per heavy atom. The van der Waals surface area contributed by atoms with Crippen LogP contribution >= 0.6 is 7.82 Å². The van der Waals surface area contributed by atoms with Gasteiger partial charge >= 0.3 is 0 Å². The van der Waals surface area contributed by atoms with Gasteiger partial charge in [-0.15, -0.1) is 0 Å². The molecule has 89 heavy (non-hydrogen) atoms. The highest BCUT2D eigenvalue weighted by atomic mass is 31.2. The molecule has 0 rings (SSSR count). The molecule has 0 saturated heterocycles. The van der Waals surface area contributed by atoms with Gasteiger partial charge in [-0.2, -0.15) is 0 Å². The number of quaternary nitrogens is 1. The maximum absolute atomic E-state index is 13.1. The van der Waals surface area contributed by atoms with Crippen LogP contribution in [0.5, 0.6) is 0 Å². The van der Waals surface area contributed by atoms with Crippen molar-refractivity contribution in [3.05, 3.63) is 109 Å². The van der Waals surface area contributed by atoms with E-state index in [2.05, 4.69) is 116 Å². The summed E-state index contributed by atoms with van der Waals surface area (Å²) in [4.78, 5) is 25.7. The van der Waals surface area contributed by atoms with Gasteiger partial charge in [0.1, 0.15) is 13.2 Å². The van der Waals surface area contributed by atoms with Crippen LogP contribution in [0.3, 0.4) is 0 Å². The van der Waals surface area contributed by atoms with Crippen LogP contribution in [-0.2, 0) is 18.4 Å². The number of hydrogen-bond donors (Lipinski definition) is 2. The molecule has 0 bridgehead atoms. The van der Waals surface area contributed by atoms with Crippen molar-refractivity contribution in [2.45, 2.75) is 353 Å². The number of phosphoric acid groups is 1. The van der Waals surface area contributed by atoms with E-state index in [9.17, 15) is 19.4 Å². The number of unbranched alkanes of at least 4 members (excludes halogenated alkanes) is 40. The molecule has 3 unspecified atom stereocenters. The van der Waals surface area contributed by atoms with Gasteiger partial charge in [-0.05, 0) is 83.5 Å². The Balaban J connectivity index is 4.05. The van der Waals surface area contributed by atoms with Gasteiger partial charge in [0.15, 0.2) is 0 Å². The standard InChI is InChI=1S/C80H145N2O6P/c1-6-8-10-12-14-16-18-20-22-24-26-28-30-32-34-36-37-38-39-40-41-42-43-44-45-46-48-50-52-54-56-58-60-62-64-66-68-70-72-74-80(84)81-78(77-88-89(85,86)87-76-75-82(3,4)5)79(83)73-71-69-67-65-63-61-59-57-55-53-51-49-47-35-33-31-29-27-25-23-21-19-17-15-13-11-9-7-2/h8,10,14,16,20,22,26,28,32,34,37-38,40-41,43-44,71,73,78-79,83H,6-7,9,11-13,15,17-19,21,23-25,27,29-31,33,35-36,39,42,45-70,72,74-77H2,1-5H3,(H-,81,84,85,86)/b10-8-,16-14-,22-20-,28-26-,34-32-,38-37-,41-40-,44-43-,73-71+. The predicted octanol–water partition coefficient (Wildman–Crippen LogP) is 24.0. The fourth-order valence-corrected chi connectivity index (χ4v) is 11.7. The van der Waals surface area contributed by atoms with Crippen LogP contribution in [0.2, 0.25) is 0 Å². The summed E-state index contributed by atoms with van der Waals surface area (Å²) in [5.41, 5.74) is 0. The van der Waals surface area contributed by atoms with Crippen molar-refractivity contribution >= 4 is 13.7 Å². The average molecular weight is 1260 g/mol. The number of carbonyl (C=O) groups is 1. The predicted molar refractivity (Wildman–Crippen MR) is 389 cm³/mol. The third-order valence-corrected chi connectivity index (χ3v) is 17.7. The smallest absolute Gasteiger partial charge is 0.268 e. The fraction of sp³-hybridized carbons (Fsp3) is 0.762.